The first-order chi connectivity index (χ1) is 11.0. The molecular weight excluding hydrogens is 288 g/mol. The number of hydrogen-bond acceptors (Lipinski definition) is 2. The van der Waals surface area contributed by atoms with Crippen molar-refractivity contribution in [3.8, 4) is 5.75 Å². The number of methoxy groups -OCH3 is 1. The average molecular weight is 312 g/mol. The number of nitrogens with one attached hydrogen (secondary N) is 2. The summed E-state index contributed by atoms with van der Waals surface area (Å²) in [5, 5.41) is 5.87. The predicted octanol–water partition coefficient (Wildman–Crippen LogP) is 4.58. The van der Waals surface area contributed by atoms with E-state index in [1.54, 1.807) is 13.2 Å². The van der Waals surface area contributed by atoms with Crippen LogP contribution in [-0.2, 0) is 0 Å². The van der Waals surface area contributed by atoms with Crippen LogP contribution >= 0.6 is 0 Å². The van der Waals surface area contributed by atoms with E-state index >= 15 is 0 Å². The Morgan fingerprint density at radius 1 is 1.13 bits per heavy atom. The van der Waals surface area contributed by atoms with Gasteiger partial charge in [0.2, 0.25) is 0 Å². The van der Waals surface area contributed by atoms with E-state index in [-0.39, 0.29) is 12.1 Å². The Labute approximate surface area is 137 Å². The molecule has 0 saturated heterocycles. The molecule has 1 unspecified atom stereocenters. The number of aryl methyl sites for hydroxylation is 2. The number of ether oxygens (including phenoxy) is 1. The van der Waals surface area contributed by atoms with Crippen LogP contribution in [0.5, 0.6) is 5.75 Å². The standard InChI is InChI=1S/C19H24N2O2/c1-5-18(15-10-9-13(2)14(3)11-15)21-19(22)20-16-7-6-8-17(12-16)23-4/h6-12,18H,5H2,1-4H3,(H2,20,21,22). The molecule has 1 atom stereocenters. The van der Waals surface area contributed by atoms with Crippen molar-refractivity contribution in [3.05, 3.63) is 59.2 Å². The van der Waals surface area contributed by atoms with Crippen LogP contribution in [0.2, 0.25) is 0 Å². The Morgan fingerprint density at radius 3 is 2.57 bits per heavy atom. The lowest BCUT2D eigenvalue weighted by molar-refractivity contribution is 0.248. The molecule has 122 valence electrons. The second-order valence-electron chi connectivity index (χ2n) is 5.63. The van der Waals surface area contributed by atoms with Gasteiger partial charge in [-0.3, -0.25) is 0 Å². The van der Waals surface area contributed by atoms with Crippen LogP contribution in [0.3, 0.4) is 0 Å². The van der Waals surface area contributed by atoms with Crippen LogP contribution in [0.4, 0.5) is 10.5 Å². The summed E-state index contributed by atoms with van der Waals surface area (Å²) < 4.78 is 5.16. The summed E-state index contributed by atoms with van der Waals surface area (Å²) >= 11 is 0. The van der Waals surface area contributed by atoms with E-state index in [0.717, 1.165) is 12.0 Å². The molecule has 4 nitrogen and oxygen atoms in total. The lowest BCUT2D eigenvalue weighted by Crippen LogP contribution is -2.32. The molecule has 0 aromatic heterocycles. The van der Waals surface area contributed by atoms with Crippen molar-refractivity contribution in [1.82, 2.24) is 5.32 Å². The fraction of sp³-hybridized carbons (Fsp3) is 0.316. The first-order valence-corrected chi connectivity index (χ1v) is 7.82. The predicted molar refractivity (Wildman–Crippen MR) is 94.1 cm³/mol. The number of anilines is 1. The van der Waals surface area contributed by atoms with Gasteiger partial charge in [0.1, 0.15) is 5.75 Å². The molecule has 0 aliphatic heterocycles. The molecule has 0 spiro atoms. The van der Waals surface area contributed by atoms with Gasteiger partial charge in [0, 0.05) is 11.8 Å². The highest BCUT2D eigenvalue weighted by Gasteiger charge is 2.13. The molecule has 4 heteroatoms. The molecule has 0 aliphatic rings. The molecule has 0 aliphatic carbocycles. The van der Waals surface area contributed by atoms with E-state index in [2.05, 4.69) is 49.6 Å². The Hall–Kier alpha value is -2.49. The maximum absolute atomic E-state index is 12.2. The van der Waals surface area contributed by atoms with Gasteiger partial charge < -0.3 is 15.4 Å². The van der Waals surface area contributed by atoms with Crippen LogP contribution in [0, 0.1) is 13.8 Å². The van der Waals surface area contributed by atoms with Crippen molar-refractivity contribution in [2.75, 3.05) is 12.4 Å². The zero-order valence-electron chi connectivity index (χ0n) is 14.1. The minimum absolute atomic E-state index is 0.0140. The minimum atomic E-state index is -0.219. The Balaban J connectivity index is 2.05. The van der Waals surface area contributed by atoms with Crippen LogP contribution in [0.15, 0.2) is 42.5 Å². The molecule has 2 amide bonds. The van der Waals surface area contributed by atoms with Crippen molar-refractivity contribution in [2.24, 2.45) is 0 Å². The summed E-state index contributed by atoms with van der Waals surface area (Å²) in [7, 11) is 1.60. The normalized spacial score (nSPS) is 11.7. The molecule has 2 rings (SSSR count). The second kappa shape index (κ2) is 7.68. The first-order valence-electron chi connectivity index (χ1n) is 7.82. The molecule has 0 saturated carbocycles. The number of urea groups is 1. The first kappa shape index (κ1) is 16.9. The third kappa shape index (κ3) is 4.49. The van der Waals surface area contributed by atoms with Gasteiger partial charge in [-0.25, -0.2) is 4.79 Å². The molecule has 2 aromatic carbocycles. The van der Waals surface area contributed by atoms with Crippen LogP contribution in [0.1, 0.15) is 36.1 Å². The SMILES string of the molecule is CCC(NC(=O)Nc1cccc(OC)c1)c1ccc(C)c(C)c1. The molecule has 0 fully saturated rings. The van der Waals surface area contributed by atoms with Crippen LogP contribution in [-0.4, -0.2) is 13.1 Å². The highest BCUT2D eigenvalue weighted by atomic mass is 16.5. The average Bonchev–Trinajstić information content (AvgIpc) is 2.55. The smallest absolute Gasteiger partial charge is 0.319 e. The van der Waals surface area contributed by atoms with E-state index in [4.69, 9.17) is 4.74 Å². The van der Waals surface area contributed by atoms with E-state index in [0.29, 0.717) is 11.4 Å². The highest BCUT2D eigenvalue weighted by Crippen LogP contribution is 2.21. The monoisotopic (exact) mass is 312 g/mol. The number of benzene rings is 2. The van der Waals surface area contributed by atoms with E-state index in [1.807, 2.05) is 18.2 Å². The number of rotatable bonds is 5. The van der Waals surface area contributed by atoms with Gasteiger partial charge >= 0.3 is 6.03 Å². The summed E-state index contributed by atoms with van der Waals surface area (Å²) in [5.41, 5.74) is 4.31. The Kier molecular flexibility index (Phi) is 5.63. The van der Waals surface area contributed by atoms with Crippen molar-refractivity contribution in [3.63, 3.8) is 0 Å². The zero-order chi connectivity index (χ0) is 16.8. The van der Waals surface area contributed by atoms with E-state index in [9.17, 15) is 4.79 Å². The van der Waals surface area contributed by atoms with Crippen LogP contribution < -0.4 is 15.4 Å². The van der Waals surface area contributed by atoms with Crippen molar-refractivity contribution < 1.29 is 9.53 Å². The van der Waals surface area contributed by atoms with Crippen molar-refractivity contribution >= 4 is 11.7 Å². The maximum atomic E-state index is 12.2. The Morgan fingerprint density at radius 2 is 1.91 bits per heavy atom. The maximum Gasteiger partial charge on any atom is 0.319 e. The quantitative estimate of drug-likeness (QED) is 0.848. The number of hydrogen-bond donors (Lipinski definition) is 2. The summed E-state index contributed by atoms with van der Waals surface area (Å²) in [6, 6.07) is 13.4. The third-order valence-electron chi connectivity index (χ3n) is 3.97. The molecule has 23 heavy (non-hydrogen) atoms. The molecule has 0 radical (unpaired) electrons. The fourth-order valence-electron chi connectivity index (χ4n) is 2.43. The highest BCUT2D eigenvalue weighted by molar-refractivity contribution is 5.89. The van der Waals surface area contributed by atoms with Gasteiger partial charge in [-0.15, -0.1) is 0 Å². The summed E-state index contributed by atoms with van der Waals surface area (Å²) in [5.74, 6) is 0.712. The van der Waals surface area contributed by atoms with Gasteiger partial charge in [-0.1, -0.05) is 31.2 Å². The lowest BCUT2D eigenvalue weighted by Gasteiger charge is -2.19. The fourth-order valence-corrected chi connectivity index (χ4v) is 2.43. The van der Waals surface area contributed by atoms with Crippen molar-refractivity contribution in [1.29, 1.82) is 0 Å². The lowest BCUT2D eigenvalue weighted by atomic mass is 9.99. The van der Waals surface area contributed by atoms with E-state index < -0.39 is 0 Å². The van der Waals surface area contributed by atoms with Gasteiger partial charge in [0.15, 0.2) is 0 Å². The molecule has 0 heterocycles. The third-order valence-corrected chi connectivity index (χ3v) is 3.97. The van der Waals surface area contributed by atoms with Gasteiger partial charge in [0.05, 0.1) is 13.2 Å². The summed E-state index contributed by atoms with van der Waals surface area (Å²) in [6.45, 7) is 6.23. The molecular formula is C19H24N2O2. The van der Waals surface area contributed by atoms with Gasteiger partial charge in [-0.2, -0.15) is 0 Å². The zero-order valence-corrected chi connectivity index (χ0v) is 14.1. The molecule has 2 N–H and O–H groups in total. The van der Waals surface area contributed by atoms with Crippen molar-refractivity contribution in [2.45, 2.75) is 33.2 Å². The number of amides is 2. The largest absolute Gasteiger partial charge is 0.497 e. The van der Waals surface area contributed by atoms with Gasteiger partial charge in [0.25, 0.3) is 0 Å². The number of carbonyl (C=O) groups excluding carboxylic acids is 1. The van der Waals surface area contributed by atoms with Crippen LogP contribution in [0.25, 0.3) is 0 Å². The Bertz CT molecular complexity index is 683. The summed E-state index contributed by atoms with van der Waals surface area (Å²) in [4.78, 5) is 12.2. The molecule has 2 aromatic rings. The molecule has 0 bridgehead atoms. The second-order valence-corrected chi connectivity index (χ2v) is 5.63. The van der Waals surface area contributed by atoms with E-state index in [1.165, 1.54) is 11.1 Å². The topological polar surface area (TPSA) is 50.4 Å². The summed E-state index contributed by atoms with van der Waals surface area (Å²) in [6.07, 6.45) is 0.827. The minimum Gasteiger partial charge on any atom is -0.497 e. The van der Waals surface area contributed by atoms with Gasteiger partial charge in [-0.05, 0) is 49.1 Å². The number of carbonyl (C=O) groups is 1.